The summed E-state index contributed by atoms with van der Waals surface area (Å²) in [5.41, 5.74) is 4.79. The molecule has 3 nitrogen and oxygen atoms in total. The average Bonchev–Trinajstić information content (AvgIpc) is 3.38. The van der Waals surface area contributed by atoms with Gasteiger partial charge in [0.15, 0.2) is 11.5 Å². The minimum absolute atomic E-state index is 0.608. The second kappa shape index (κ2) is 5.76. The van der Waals surface area contributed by atoms with Crippen molar-refractivity contribution in [2.24, 2.45) is 0 Å². The summed E-state index contributed by atoms with van der Waals surface area (Å²) < 4.78 is 11.1. The lowest BCUT2D eigenvalue weighted by Crippen LogP contribution is -1.97. The molecule has 110 valence electrons. The van der Waals surface area contributed by atoms with Crippen molar-refractivity contribution in [3.05, 3.63) is 41.7 Å². The van der Waals surface area contributed by atoms with E-state index in [2.05, 4.69) is 24.0 Å². The van der Waals surface area contributed by atoms with Crippen molar-refractivity contribution in [3.8, 4) is 22.6 Å². The number of pyridine rings is 1. The van der Waals surface area contributed by atoms with Crippen LogP contribution in [0.3, 0.4) is 0 Å². The number of aryl methyl sites for hydroxylation is 1. The van der Waals surface area contributed by atoms with Crippen molar-refractivity contribution in [3.63, 3.8) is 0 Å². The Morgan fingerprint density at radius 1 is 1.05 bits per heavy atom. The van der Waals surface area contributed by atoms with E-state index in [1.807, 2.05) is 18.5 Å². The molecule has 1 fully saturated rings. The molecule has 3 rings (SSSR count). The van der Waals surface area contributed by atoms with E-state index in [-0.39, 0.29) is 0 Å². The van der Waals surface area contributed by atoms with E-state index in [9.17, 15) is 0 Å². The first-order chi connectivity index (χ1) is 10.3. The maximum Gasteiger partial charge on any atom is 0.164 e. The van der Waals surface area contributed by atoms with Crippen molar-refractivity contribution in [2.75, 3.05) is 14.2 Å². The Kier molecular flexibility index (Phi) is 3.82. The predicted octanol–water partition coefficient (Wildman–Crippen LogP) is 4.21. The van der Waals surface area contributed by atoms with Crippen LogP contribution in [0.2, 0.25) is 0 Å². The summed E-state index contributed by atoms with van der Waals surface area (Å²) in [6.45, 7) is 2.14. The lowest BCUT2D eigenvalue weighted by atomic mass is 9.99. The number of aromatic nitrogens is 1. The van der Waals surface area contributed by atoms with Gasteiger partial charge < -0.3 is 9.47 Å². The molecular weight excluding hydrogens is 262 g/mol. The molecule has 0 bridgehead atoms. The van der Waals surface area contributed by atoms with Gasteiger partial charge in [-0.05, 0) is 54.5 Å². The molecule has 1 heterocycles. The maximum absolute atomic E-state index is 5.56. The summed E-state index contributed by atoms with van der Waals surface area (Å²) in [5, 5.41) is 0. The van der Waals surface area contributed by atoms with Crippen LogP contribution in [-0.2, 0) is 6.42 Å². The van der Waals surface area contributed by atoms with Crippen LogP contribution >= 0.6 is 0 Å². The Bertz CT molecular complexity index is 648. The first kappa shape index (κ1) is 13.9. The quantitative estimate of drug-likeness (QED) is 0.824. The second-order valence-electron chi connectivity index (χ2n) is 5.51. The minimum atomic E-state index is 0.608. The molecule has 1 aliphatic rings. The fourth-order valence-electron chi connectivity index (χ4n) is 2.70. The van der Waals surface area contributed by atoms with E-state index in [0.717, 1.165) is 29.0 Å². The summed E-state index contributed by atoms with van der Waals surface area (Å²) in [7, 11) is 3.40. The van der Waals surface area contributed by atoms with Crippen LogP contribution < -0.4 is 9.47 Å². The lowest BCUT2D eigenvalue weighted by molar-refractivity contribution is 0.352. The van der Waals surface area contributed by atoms with Crippen molar-refractivity contribution < 1.29 is 9.47 Å². The summed E-state index contributed by atoms with van der Waals surface area (Å²) in [4.78, 5) is 4.35. The number of hydrogen-bond donors (Lipinski definition) is 0. The lowest BCUT2D eigenvalue weighted by Gasteiger charge is -2.15. The third-order valence-corrected chi connectivity index (χ3v) is 4.06. The van der Waals surface area contributed by atoms with Crippen molar-refractivity contribution in [1.29, 1.82) is 0 Å². The molecule has 1 saturated carbocycles. The smallest absolute Gasteiger partial charge is 0.164 e. The summed E-state index contributed by atoms with van der Waals surface area (Å²) in [5.74, 6) is 2.29. The standard InChI is InChI=1S/C18H21NO2/c1-4-12-7-15(11-19-10-12)14-8-16(13-5-6-13)18(21-3)17(9-14)20-2/h7-11,13H,4-6H2,1-3H3. The monoisotopic (exact) mass is 283 g/mol. The van der Waals surface area contributed by atoms with E-state index in [1.165, 1.54) is 24.0 Å². The Morgan fingerprint density at radius 3 is 2.48 bits per heavy atom. The van der Waals surface area contributed by atoms with E-state index in [0.29, 0.717) is 5.92 Å². The number of ether oxygens (including phenoxy) is 2. The molecule has 21 heavy (non-hydrogen) atoms. The number of hydrogen-bond acceptors (Lipinski definition) is 3. The molecule has 2 aromatic rings. The molecule has 1 aromatic heterocycles. The fraction of sp³-hybridized carbons (Fsp3) is 0.389. The summed E-state index contributed by atoms with van der Waals surface area (Å²) in [6.07, 6.45) is 7.29. The highest BCUT2D eigenvalue weighted by molar-refractivity contribution is 5.70. The molecule has 0 aliphatic heterocycles. The molecule has 0 radical (unpaired) electrons. The summed E-state index contributed by atoms with van der Waals surface area (Å²) in [6, 6.07) is 6.47. The van der Waals surface area contributed by atoms with Gasteiger partial charge in [-0.1, -0.05) is 6.92 Å². The van der Waals surface area contributed by atoms with E-state index in [1.54, 1.807) is 14.2 Å². The van der Waals surface area contributed by atoms with Crippen LogP contribution in [0.1, 0.15) is 36.8 Å². The van der Waals surface area contributed by atoms with Crippen LogP contribution in [0.4, 0.5) is 0 Å². The van der Waals surface area contributed by atoms with Gasteiger partial charge in [0.25, 0.3) is 0 Å². The number of benzene rings is 1. The second-order valence-corrected chi connectivity index (χ2v) is 5.51. The van der Waals surface area contributed by atoms with Gasteiger partial charge >= 0.3 is 0 Å². The highest BCUT2D eigenvalue weighted by Crippen LogP contribution is 2.49. The van der Waals surface area contributed by atoms with Gasteiger partial charge in [0.05, 0.1) is 14.2 Å². The van der Waals surface area contributed by atoms with Crippen molar-refractivity contribution >= 4 is 0 Å². The van der Waals surface area contributed by atoms with Gasteiger partial charge in [-0.3, -0.25) is 4.98 Å². The van der Waals surface area contributed by atoms with Gasteiger partial charge in [-0.2, -0.15) is 0 Å². The van der Waals surface area contributed by atoms with Gasteiger partial charge in [0, 0.05) is 23.5 Å². The molecule has 0 saturated heterocycles. The van der Waals surface area contributed by atoms with Gasteiger partial charge in [-0.15, -0.1) is 0 Å². The number of rotatable bonds is 5. The SMILES string of the molecule is CCc1cncc(-c2cc(OC)c(OC)c(C3CC3)c2)c1. The Morgan fingerprint density at radius 2 is 1.86 bits per heavy atom. The van der Waals surface area contributed by atoms with Crippen LogP contribution in [-0.4, -0.2) is 19.2 Å². The molecular formula is C18H21NO2. The molecule has 0 N–H and O–H groups in total. The van der Waals surface area contributed by atoms with Crippen LogP contribution in [0.5, 0.6) is 11.5 Å². The Balaban J connectivity index is 2.11. The number of methoxy groups -OCH3 is 2. The Hall–Kier alpha value is -2.03. The zero-order valence-electron chi connectivity index (χ0n) is 12.8. The minimum Gasteiger partial charge on any atom is -0.493 e. The first-order valence-corrected chi connectivity index (χ1v) is 7.47. The van der Waals surface area contributed by atoms with Crippen molar-refractivity contribution in [2.45, 2.75) is 32.1 Å². The Labute approximate surface area is 125 Å². The number of nitrogens with zero attached hydrogens (tertiary/aromatic N) is 1. The van der Waals surface area contributed by atoms with Crippen LogP contribution in [0.15, 0.2) is 30.6 Å². The normalized spacial score (nSPS) is 14.0. The topological polar surface area (TPSA) is 31.4 Å². The van der Waals surface area contributed by atoms with Gasteiger partial charge in [0.2, 0.25) is 0 Å². The fourth-order valence-corrected chi connectivity index (χ4v) is 2.70. The third kappa shape index (κ3) is 2.73. The van der Waals surface area contributed by atoms with Gasteiger partial charge in [0.1, 0.15) is 0 Å². The first-order valence-electron chi connectivity index (χ1n) is 7.47. The maximum atomic E-state index is 5.56. The molecule has 0 atom stereocenters. The zero-order valence-corrected chi connectivity index (χ0v) is 12.8. The van der Waals surface area contributed by atoms with Crippen molar-refractivity contribution in [1.82, 2.24) is 4.98 Å². The van der Waals surface area contributed by atoms with E-state index in [4.69, 9.17) is 9.47 Å². The molecule has 0 amide bonds. The average molecular weight is 283 g/mol. The van der Waals surface area contributed by atoms with E-state index < -0.39 is 0 Å². The third-order valence-electron chi connectivity index (χ3n) is 4.06. The van der Waals surface area contributed by atoms with Gasteiger partial charge in [-0.25, -0.2) is 0 Å². The molecule has 0 spiro atoms. The molecule has 1 aromatic carbocycles. The molecule has 1 aliphatic carbocycles. The summed E-state index contributed by atoms with van der Waals surface area (Å²) >= 11 is 0. The molecule has 0 unspecified atom stereocenters. The van der Waals surface area contributed by atoms with Crippen LogP contribution in [0.25, 0.3) is 11.1 Å². The highest BCUT2D eigenvalue weighted by atomic mass is 16.5. The molecule has 3 heteroatoms. The van der Waals surface area contributed by atoms with Crippen LogP contribution in [0, 0.1) is 0 Å². The predicted molar refractivity (Wildman–Crippen MR) is 84.1 cm³/mol. The zero-order chi connectivity index (χ0) is 14.8. The highest BCUT2D eigenvalue weighted by Gasteiger charge is 2.29. The van der Waals surface area contributed by atoms with E-state index >= 15 is 0 Å². The largest absolute Gasteiger partial charge is 0.493 e.